The van der Waals surface area contributed by atoms with Crippen LogP contribution < -0.4 is 11.1 Å². The third kappa shape index (κ3) is 3.47. The summed E-state index contributed by atoms with van der Waals surface area (Å²) in [6, 6.07) is 2.35. The van der Waals surface area contributed by atoms with E-state index in [9.17, 15) is 9.18 Å². The van der Waals surface area contributed by atoms with Crippen molar-refractivity contribution in [3.8, 4) is 11.8 Å². The number of urea groups is 1. The van der Waals surface area contributed by atoms with Gasteiger partial charge in [0.2, 0.25) is 0 Å². The summed E-state index contributed by atoms with van der Waals surface area (Å²) >= 11 is 1.43. The van der Waals surface area contributed by atoms with E-state index in [1.165, 1.54) is 34.9 Å². The molecule has 2 aromatic heterocycles. The van der Waals surface area contributed by atoms with Crippen LogP contribution in [0.25, 0.3) is 10.2 Å². The average Bonchev–Trinajstić information content (AvgIpc) is 3.33. The first-order valence-corrected chi connectivity index (χ1v) is 9.42. The smallest absolute Gasteiger partial charge is 0.345 e. The van der Waals surface area contributed by atoms with E-state index in [4.69, 9.17) is 10.6 Å². The molecule has 2 amide bonds. The number of nitrogens with one attached hydrogen (secondary N) is 1. The Bertz CT molecular complexity index is 1130. The molecule has 1 fully saturated rings. The van der Waals surface area contributed by atoms with Gasteiger partial charge in [-0.25, -0.2) is 24.2 Å². The number of amides is 2. The summed E-state index contributed by atoms with van der Waals surface area (Å²) in [5.74, 6) is 5.91. The number of rotatable bonds is 1. The number of nitrogens with zero attached hydrogens (tertiary/aromatic N) is 3. The molecule has 28 heavy (non-hydrogen) atoms. The van der Waals surface area contributed by atoms with Gasteiger partial charge in [0.25, 0.3) is 0 Å². The average molecular weight is 397 g/mol. The number of halogens is 1. The molecule has 0 aliphatic carbocycles. The van der Waals surface area contributed by atoms with Crippen molar-refractivity contribution in [1.29, 1.82) is 0 Å². The molecule has 0 bridgehead atoms. The lowest BCUT2D eigenvalue weighted by Gasteiger charge is -2.15. The molecule has 3 heterocycles. The van der Waals surface area contributed by atoms with Gasteiger partial charge in [0.05, 0.1) is 24.2 Å². The molecule has 3 aromatic rings. The lowest BCUT2D eigenvalue weighted by molar-refractivity contribution is -0.0614. The first-order chi connectivity index (χ1) is 13.5. The Morgan fingerprint density at radius 3 is 2.96 bits per heavy atom. The molecule has 1 aliphatic heterocycles. The Kier molecular flexibility index (Phi) is 4.81. The van der Waals surface area contributed by atoms with E-state index in [-0.39, 0.29) is 5.69 Å². The summed E-state index contributed by atoms with van der Waals surface area (Å²) in [5.41, 5.74) is 7.94. The van der Waals surface area contributed by atoms with E-state index < -0.39 is 11.8 Å². The van der Waals surface area contributed by atoms with Gasteiger partial charge in [0.1, 0.15) is 22.8 Å². The summed E-state index contributed by atoms with van der Waals surface area (Å²) in [4.78, 5) is 26.3. The molecule has 3 N–H and O–H groups in total. The second kappa shape index (κ2) is 7.42. The van der Waals surface area contributed by atoms with Gasteiger partial charge in [-0.1, -0.05) is 11.8 Å². The second-order valence-electron chi connectivity index (χ2n) is 6.20. The van der Waals surface area contributed by atoms with Crippen molar-refractivity contribution >= 4 is 39.1 Å². The Morgan fingerprint density at radius 1 is 1.36 bits per heavy atom. The Labute approximate surface area is 164 Å². The normalized spacial score (nSPS) is 13.4. The predicted molar refractivity (Wildman–Crippen MR) is 105 cm³/mol. The minimum absolute atomic E-state index is 0.0495. The predicted octanol–water partition coefficient (Wildman–Crippen LogP) is 3.29. The Morgan fingerprint density at radius 2 is 2.18 bits per heavy atom. The van der Waals surface area contributed by atoms with Gasteiger partial charge < -0.3 is 11.1 Å². The molecule has 0 saturated carbocycles. The maximum atomic E-state index is 14.3. The molecule has 7 nitrogen and oxygen atoms in total. The number of aromatic nitrogens is 2. The first-order valence-electron chi connectivity index (χ1n) is 8.54. The number of hydrogen-bond donors (Lipinski definition) is 2. The SMILES string of the molecule is Cc1cc(F)c(NC(=O)N2CCCO2)cc1C#Cc1csc2ncnc(N)c12. The molecular weight excluding hydrogens is 381 g/mol. The van der Waals surface area contributed by atoms with Crippen molar-refractivity contribution in [2.45, 2.75) is 13.3 Å². The summed E-state index contributed by atoms with van der Waals surface area (Å²) in [6.45, 7) is 2.70. The van der Waals surface area contributed by atoms with Crippen molar-refractivity contribution in [2.24, 2.45) is 0 Å². The van der Waals surface area contributed by atoms with E-state index in [1.807, 2.05) is 5.38 Å². The second-order valence-corrected chi connectivity index (χ2v) is 7.06. The van der Waals surface area contributed by atoms with Gasteiger partial charge in [-0.2, -0.15) is 0 Å². The van der Waals surface area contributed by atoms with Gasteiger partial charge in [0, 0.05) is 16.5 Å². The van der Waals surface area contributed by atoms with Crippen molar-refractivity contribution in [2.75, 3.05) is 24.2 Å². The number of hydroxylamine groups is 2. The third-order valence-corrected chi connectivity index (χ3v) is 5.15. The lowest BCUT2D eigenvalue weighted by atomic mass is 10.1. The molecule has 1 aromatic carbocycles. The van der Waals surface area contributed by atoms with Crippen molar-refractivity contribution < 1.29 is 14.0 Å². The van der Waals surface area contributed by atoms with Crippen LogP contribution in [0.15, 0.2) is 23.8 Å². The molecule has 9 heteroatoms. The number of benzene rings is 1. The summed E-state index contributed by atoms with van der Waals surface area (Å²) in [6.07, 6.45) is 2.16. The van der Waals surface area contributed by atoms with Crippen LogP contribution in [0.5, 0.6) is 0 Å². The van der Waals surface area contributed by atoms with Crippen molar-refractivity contribution in [1.82, 2.24) is 15.0 Å². The largest absolute Gasteiger partial charge is 0.383 e. The summed E-state index contributed by atoms with van der Waals surface area (Å²) in [5, 5.41) is 6.28. The molecular formula is C19H16FN5O2S. The molecule has 0 atom stereocenters. The number of carbonyl (C=O) groups is 1. The number of nitrogens with two attached hydrogens (primary N) is 1. The van der Waals surface area contributed by atoms with Crippen LogP contribution in [0.1, 0.15) is 23.1 Å². The Balaban J connectivity index is 1.65. The highest BCUT2D eigenvalue weighted by Crippen LogP contribution is 2.27. The van der Waals surface area contributed by atoms with Gasteiger partial charge in [-0.05, 0) is 31.0 Å². The van der Waals surface area contributed by atoms with Crippen LogP contribution in [0.3, 0.4) is 0 Å². The maximum Gasteiger partial charge on any atom is 0.345 e. The standard InChI is InChI=1S/C19H16FN5O2S/c1-11-7-14(20)15(24-19(26)25-5-2-6-27-25)8-12(11)3-4-13-9-28-18-16(13)17(21)22-10-23-18/h7-10H,2,5-6H2,1H3,(H,24,26)(H2,21,22,23). The maximum absolute atomic E-state index is 14.3. The molecule has 0 spiro atoms. The minimum atomic E-state index is -0.533. The zero-order valence-corrected chi connectivity index (χ0v) is 15.8. The fourth-order valence-electron chi connectivity index (χ4n) is 2.81. The van der Waals surface area contributed by atoms with E-state index in [0.29, 0.717) is 41.0 Å². The molecule has 142 valence electrons. The highest BCUT2D eigenvalue weighted by molar-refractivity contribution is 7.17. The first kappa shape index (κ1) is 18.2. The molecule has 0 radical (unpaired) electrons. The van der Waals surface area contributed by atoms with Gasteiger partial charge in [0.15, 0.2) is 0 Å². The van der Waals surface area contributed by atoms with Crippen LogP contribution in [0, 0.1) is 24.6 Å². The number of hydrogen-bond acceptors (Lipinski definition) is 6. The van der Waals surface area contributed by atoms with Gasteiger partial charge in [-0.3, -0.25) is 4.84 Å². The van der Waals surface area contributed by atoms with Crippen LogP contribution >= 0.6 is 11.3 Å². The van der Waals surface area contributed by atoms with Gasteiger partial charge in [-0.15, -0.1) is 11.3 Å². The fraction of sp³-hybridized carbons (Fsp3) is 0.211. The van der Waals surface area contributed by atoms with E-state index in [2.05, 4.69) is 27.1 Å². The van der Waals surface area contributed by atoms with Crippen molar-refractivity contribution in [3.63, 3.8) is 0 Å². The van der Waals surface area contributed by atoms with E-state index in [1.54, 1.807) is 6.92 Å². The number of carbonyl (C=O) groups excluding carboxylic acids is 1. The molecule has 4 rings (SSSR count). The zero-order valence-electron chi connectivity index (χ0n) is 15.0. The van der Waals surface area contributed by atoms with Crippen LogP contribution in [0.2, 0.25) is 0 Å². The van der Waals surface area contributed by atoms with E-state index >= 15 is 0 Å². The molecule has 0 unspecified atom stereocenters. The van der Waals surface area contributed by atoms with Crippen LogP contribution in [-0.4, -0.2) is 34.2 Å². The monoisotopic (exact) mass is 397 g/mol. The van der Waals surface area contributed by atoms with Gasteiger partial charge >= 0.3 is 6.03 Å². The fourth-order valence-corrected chi connectivity index (χ4v) is 3.66. The summed E-state index contributed by atoms with van der Waals surface area (Å²) in [7, 11) is 0. The quantitative estimate of drug-likeness (QED) is 0.615. The van der Waals surface area contributed by atoms with Crippen LogP contribution in [0.4, 0.5) is 20.7 Å². The molecule has 1 saturated heterocycles. The summed E-state index contributed by atoms with van der Waals surface area (Å²) < 4.78 is 14.3. The third-order valence-electron chi connectivity index (χ3n) is 4.27. The number of aryl methyl sites for hydroxylation is 1. The molecule has 1 aliphatic rings. The van der Waals surface area contributed by atoms with Crippen molar-refractivity contribution in [3.05, 3.63) is 46.3 Å². The topological polar surface area (TPSA) is 93.4 Å². The highest BCUT2D eigenvalue weighted by atomic mass is 32.1. The number of nitrogen functional groups attached to an aromatic ring is 1. The number of anilines is 2. The lowest BCUT2D eigenvalue weighted by Crippen LogP contribution is -2.31. The minimum Gasteiger partial charge on any atom is -0.383 e. The van der Waals surface area contributed by atoms with E-state index in [0.717, 1.165) is 11.3 Å². The number of thiophene rings is 1. The number of fused-ring (bicyclic) bond motifs is 1. The highest BCUT2D eigenvalue weighted by Gasteiger charge is 2.20. The van der Waals surface area contributed by atoms with Crippen LogP contribution in [-0.2, 0) is 4.84 Å². The zero-order chi connectivity index (χ0) is 19.7. The Hall–Kier alpha value is -3.22.